The van der Waals surface area contributed by atoms with E-state index < -0.39 is 20.8 Å². The topological polar surface area (TPSA) is 169 Å². The molecule has 234 valence electrons. The average molecular weight is 607 g/mol. The van der Waals surface area contributed by atoms with Gasteiger partial charge >= 0.3 is 50.4 Å². The van der Waals surface area contributed by atoms with Gasteiger partial charge in [-0.15, -0.1) is 0 Å². The molecule has 0 aromatic rings. The Bertz CT molecular complexity index is 487. The van der Waals surface area contributed by atoms with Crippen molar-refractivity contribution in [2.45, 2.75) is 163 Å². The van der Waals surface area contributed by atoms with Crippen molar-refractivity contribution < 1.29 is 40.2 Å². The first kappa shape index (κ1) is 51.4. The summed E-state index contributed by atoms with van der Waals surface area (Å²) in [6.45, 7) is 11.0. The summed E-state index contributed by atoms with van der Waals surface area (Å²) in [5.41, 5.74) is 0. The minimum atomic E-state index is -4.67. The van der Waals surface area contributed by atoms with Gasteiger partial charge in [-0.1, -0.05) is 156 Å². The molecule has 0 heterocycles. The van der Waals surface area contributed by atoms with Crippen LogP contribution in [0.15, 0.2) is 0 Å². The van der Waals surface area contributed by atoms with Crippen LogP contribution in [0.1, 0.15) is 163 Å². The number of unbranched alkanes of at least 4 members (excludes halogenated alkanes) is 18. The summed E-state index contributed by atoms with van der Waals surface area (Å²) in [7, 11) is -9.33. The van der Waals surface area contributed by atoms with Crippen molar-refractivity contribution in [1.29, 1.82) is 0 Å². The third-order valence-electron chi connectivity index (χ3n) is 4.91. The van der Waals surface area contributed by atoms with Gasteiger partial charge in [0.2, 0.25) is 0 Å². The molecular weight excluding hydrogens is 543 g/mol. The Hall–Kier alpha value is 0.700. The van der Waals surface area contributed by atoms with Crippen molar-refractivity contribution in [3.8, 4) is 0 Å². The summed E-state index contributed by atoms with van der Waals surface area (Å²) in [6.07, 6.45) is 28.9. The molecule has 12 heteroatoms. The summed E-state index contributed by atoms with van der Waals surface area (Å²) in [5, 5.41) is 7.57. The fourth-order valence-corrected chi connectivity index (χ4v) is 3.12. The van der Waals surface area contributed by atoms with Crippen molar-refractivity contribution in [1.82, 2.24) is 0 Å². The van der Waals surface area contributed by atoms with Crippen LogP contribution >= 0.6 is 0 Å². The van der Waals surface area contributed by atoms with Gasteiger partial charge in [0.15, 0.2) is 0 Å². The van der Waals surface area contributed by atoms with Crippen LogP contribution in [0.25, 0.3) is 0 Å². The van der Waals surface area contributed by atoms with E-state index in [9.17, 15) is 0 Å². The monoisotopic (exact) mass is 606 g/mol. The quantitative estimate of drug-likeness (QED) is 0.0591. The van der Waals surface area contributed by atoms with Gasteiger partial charge in [0.05, 0.1) is 0 Å². The fourth-order valence-electron chi connectivity index (χ4n) is 3.12. The molecule has 0 amide bonds. The van der Waals surface area contributed by atoms with E-state index in [0.29, 0.717) is 0 Å². The van der Waals surface area contributed by atoms with Gasteiger partial charge in [0.25, 0.3) is 0 Å². The van der Waals surface area contributed by atoms with Gasteiger partial charge in [-0.3, -0.25) is 18.2 Å². The normalized spacial score (nSPS) is 10.2. The summed E-state index contributed by atoms with van der Waals surface area (Å²) in [4.78, 5) is 0. The zero-order chi connectivity index (χ0) is 29.8. The molecule has 0 aliphatic heterocycles. The van der Waals surface area contributed by atoms with Crippen LogP contribution in [-0.4, -0.2) is 76.3 Å². The van der Waals surface area contributed by atoms with Crippen molar-refractivity contribution >= 4 is 50.4 Å². The first-order chi connectivity index (χ1) is 17.2. The molecule has 0 aromatic heterocycles. The molecule has 9 nitrogen and oxygen atoms in total. The van der Waals surface area contributed by atoms with E-state index in [-0.39, 0.29) is 36.2 Å². The van der Waals surface area contributed by atoms with Crippen molar-refractivity contribution in [2.75, 3.05) is 6.61 Å². The number of hydrogen-bond acceptors (Lipinski definition) is 5. The number of rotatable bonds is 18. The molecule has 0 aromatic carbocycles. The second kappa shape index (κ2) is 44.7. The van der Waals surface area contributed by atoms with Gasteiger partial charge in [-0.2, -0.15) is 16.8 Å². The Balaban J connectivity index is -0.0000000917. The van der Waals surface area contributed by atoms with E-state index in [0.717, 1.165) is 0 Å². The first-order valence-electron chi connectivity index (χ1n) is 14.2. The Morgan fingerprint density at radius 3 is 0.526 bits per heavy atom. The van der Waals surface area contributed by atoms with E-state index in [1.54, 1.807) is 6.92 Å². The zero-order valence-electron chi connectivity index (χ0n) is 24.5. The molecule has 0 atom stereocenters. The third-order valence-corrected chi connectivity index (χ3v) is 4.91. The molecule has 38 heavy (non-hydrogen) atoms. The molecular formula is C26H63NaO9S2. The van der Waals surface area contributed by atoms with E-state index in [2.05, 4.69) is 27.7 Å². The standard InChI is InChI=1S/2C12H26.C2H6O.Na.2H2O4S.H/c2*1-3-5-7-9-11-12-10-8-6-4-2;1-2-3;;2*1-5(2,3)4;/h2*3-12H2,1-2H3;3H,2H2,1H3;;2*(H2,1,2,3,4);. The number of hydrogen-bond donors (Lipinski definition) is 5. The van der Waals surface area contributed by atoms with Crippen LogP contribution in [0.3, 0.4) is 0 Å². The predicted molar refractivity (Wildman–Crippen MR) is 163 cm³/mol. The summed E-state index contributed by atoms with van der Waals surface area (Å²) < 4.78 is 63.2. The van der Waals surface area contributed by atoms with Crippen LogP contribution in [-0.2, 0) is 20.8 Å². The first-order valence-corrected chi connectivity index (χ1v) is 17.0. The summed E-state index contributed by atoms with van der Waals surface area (Å²) in [6, 6.07) is 0. The van der Waals surface area contributed by atoms with E-state index in [1.165, 1.54) is 128 Å². The maximum atomic E-state index is 8.74. The van der Waals surface area contributed by atoms with Crippen molar-refractivity contribution in [3.05, 3.63) is 0 Å². The van der Waals surface area contributed by atoms with E-state index in [1.807, 2.05) is 0 Å². The van der Waals surface area contributed by atoms with Gasteiger partial charge in [0.1, 0.15) is 0 Å². The van der Waals surface area contributed by atoms with Crippen LogP contribution in [0, 0.1) is 0 Å². The van der Waals surface area contributed by atoms with Crippen LogP contribution < -0.4 is 0 Å². The molecule has 0 saturated carbocycles. The van der Waals surface area contributed by atoms with Gasteiger partial charge < -0.3 is 5.11 Å². The van der Waals surface area contributed by atoms with Gasteiger partial charge in [0, 0.05) is 6.61 Å². The Labute approximate surface area is 258 Å². The van der Waals surface area contributed by atoms with Crippen molar-refractivity contribution in [2.24, 2.45) is 0 Å². The second-order valence-corrected chi connectivity index (χ2v) is 10.7. The Kier molecular flexibility index (Phi) is 60.5. The molecule has 0 radical (unpaired) electrons. The molecule has 0 fully saturated rings. The van der Waals surface area contributed by atoms with Crippen molar-refractivity contribution in [3.63, 3.8) is 0 Å². The zero-order valence-corrected chi connectivity index (χ0v) is 26.2. The number of aliphatic hydroxyl groups excluding tert-OH is 1. The summed E-state index contributed by atoms with van der Waals surface area (Å²) >= 11 is 0. The summed E-state index contributed by atoms with van der Waals surface area (Å²) in [5.74, 6) is 0. The number of aliphatic hydroxyl groups is 1. The van der Waals surface area contributed by atoms with Crippen LogP contribution in [0.5, 0.6) is 0 Å². The molecule has 0 aliphatic carbocycles. The van der Waals surface area contributed by atoms with Gasteiger partial charge in [-0.25, -0.2) is 0 Å². The second-order valence-electron chi connectivity index (χ2n) is 8.87. The SMILES string of the molecule is CCCCCCCCCCCC.CCCCCCCCCCCC.CCO.O=S(=O)(O)O.O=S(=O)(O)O.[NaH]. The van der Waals surface area contributed by atoms with E-state index in [4.69, 9.17) is 40.2 Å². The fraction of sp³-hybridized carbons (Fsp3) is 1.00. The third kappa shape index (κ3) is 134. The predicted octanol–water partition coefficient (Wildman–Crippen LogP) is 7.90. The molecule has 0 spiro atoms. The molecule has 0 bridgehead atoms. The maximum absolute atomic E-state index is 8.74. The molecule has 0 unspecified atom stereocenters. The molecule has 0 aliphatic rings. The Morgan fingerprint density at radius 1 is 0.368 bits per heavy atom. The van der Waals surface area contributed by atoms with E-state index >= 15 is 0 Å². The average Bonchev–Trinajstić information content (AvgIpc) is 2.76. The van der Waals surface area contributed by atoms with Gasteiger partial charge in [-0.05, 0) is 6.92 Å². The van der Waals surface area contributed by atoms with Crippen LogP contribution in [0.2, 0.25) is 0 Å². The van der Waals surface area contributed by atoms with Crippen LogP contribution in [0.4, 0.5) is 0 Å². The molecule has 0 saturated heterocycles. The Morgan fingerprint density at radius 2 is 0.447 bits per heavy atom. The molecule has 0 rings (SSSR count). The molecule has 5 N–H and O–H groups in total. The minimum absolute atomic E-state index is 0.